The first kappa shape index (κ1) is 12.5. The van der Waals surface area contributed by atoms with Crippen molar-refractivity contribution in [3.05, 3.63) is 59.7 Å². The third kappa shape index (κ3) is 2.01. The molecule has 0 heterocycles. The summed E-state index contributed by atoms with van der Waals surface area (Å²) in [6, 6.07) is 0. The normalized spacial score (nSPS) is 10.2. The molecule has 0 bridgehead atoms. The molecule has 0 saturated heterocycles. The average molecular weight is 230 g/mol. The Balaban J connectivity index is 3.48. The summed E-state index contributed by atoms with van der Waals surface area (Å²) >= 11 is 0. The van der Waals surface area contributed by atoms with Crippen LogP contribution >= 0.6 is 0 Å². The molecule has 0 spiro atoms. The van der Waals surface area contributed by atoms with Crippen molar-refractivity contribution >= 4 is 0 Å². The molecule has 16 heavy (non-hydrogen) atoms. The standard InChI is InChI=1S/C12H10F4/c1-3-5-7-9(13)11(15)8(6-4-2)12(16)10(7)14/h3-4H,1-2,5-6H2. The Kier molecular flexibility index (Phi) is 3.88. The van der Waals surface area contributed by atoms with Crippen molar-refractivity contribution in [2.75, 3.05) is 0 Å². The highest BCUT2D eigenvalue weighted by atomic mass is 19.2. The Morgan fingerprint density at radius 1 is 0.688 bits per heavy atom. The zero-order chi connectivity index (χ0) is 12.3. The lowest BCUT2D eigenvalue weighted by Gasteiger charge is -2.09. The molecule has 0 radical (unpaired) electrons. The van der Waals surface area contributed by atoms with Gasteiger partial charge in [0.05, 0.1) is 0 Å². The molecule has 0 aromatic heterocycles. The van der Waals surface area contributed by atoms with Gasteiger partial charge in [0.1, 0.15) is 0 Å². The van der Waals surface area contributed by atoms with Crippen molar-refractivity contribution < 1.29 is 17.6 Å². The third-order valence-electron chi connectivity index (χ3n) is 2.14. The molecule has 0 nitrogen and oxygen atoms in total. The smallest absolute Gasteiger partial charge is 0.165 e. The largest absolute Gasteiger partial charge is 0.203 e. The fourth-order valence-electron chi connectivity index (χ4n) is 1.37. The fourth-order valence-corrected chi connectivity index (χ4v) is 1.37. The van der Waals surface area contributed by atoms with Crippen LogP contribution in [-0.4, -0.2) is 0 Å². The predicted octanol–water partition coefficient (Wildman–Crippen LogP) is 3.70. The summed E-state index contributed by atoms with van der Waals surface area (Å²) in [5.41, 5.74) is -1.28. The van der Waals surface area contributed by atoms with Gasteiger partial charge in [0.15, 0.2) is 23.3 Å². The molecule has 0 unspecified atom stereocenters. The molecule has 0 fully saturated rings. The van der Waals surface area contributed by atoms with Gasteiger partial charge in [-0.2, -0.15) is 0 Å². The van der Waals surface area contributed by atoms with E-state index in [1.165, 1.54) is 12.2 Å². The number of hydrogen-bond donors (Lipinski definition) is 0. The van der Waals surface area contributed by atoms with Crippen LogP contribution in [0.15, 0.2) is 25.3 Å². The Morgan fingerprint density at radius 2 is 0.938 bits per heavy atom. The van der Waals surface area contributed by atoms with Crippen LogP contribution < -0.4 is 0 Å². The van der Waals surface area contributed by atoms with Crippen molar-refractivity contribution in [1.82, 2.24) is 0 Å². The Hall–Kier alpha value is -1.58. The van der Waals surface area contributed by atoms with Gasteiger partial charge in [-0.05, 0) is 12.8 Å². The molecule has 0 amide bonds. The van der Waals surface area contributed by atoms with E-state index in [-0.39, 0.29) is 12.8 Å². The van der Waals surface area contributed by atoms with Crippen molar-refractivity contribution in [2.45, 2.75) is 12.8 Å². The molecular weight excluding hydrogens is 220 g/mol. The van der Waals surface area contributed by atoms with Crippen molar-refractivity contribution in [3.8, 4) is 0 Å². The van der Waals surface area contributed by atoms with E-state index in [4.69, 9.17) is 0 Å². The molecular formula is C12H10F4. The van der Waals surface area contributed by atoms with Gasteiger partial charge >= 0.3 is 0 Å². The minimum Gasteiger partial charge on any atom is -0.203 e. The molecule has 1 aromatic rings. The lowest BCUT2D eigenvalue weighted by atomic mass is 10.0. The van der Waals surface area contributed by atoms with Gasteiger partial charge in [-0.15, -0.1) is 13.2 Å². The Bertz CT molecular complexity index is 365. The van der Waals surface area contributed by atoms with E-state index in [1.807, 2.05) is 0 Å². The highest BCUT2D eigenvalue weighted by Gasteiger charge is 2.23. The van der Waals surface area contributed by atoms with Crippen LogP contribution in [0.2, 0.25) is 0 Å². The topological polar surface area (TPSA) is 0 Å². The lowest BCUT2D eigenvalue weighted by Crippen LogP contribution is -2.07. The maximum Gasteiger partial charge on any atom is 0.165 e. The average Bonchev–Trinajstić information content (AvgIpc) is 2.28. The van der Waals surface area contributed by atoms with Crippen LogP contribution in [0.4, 0.5) is 17.6 Å². The fraction of sp³-hybridized carbons (Fsp3) is 0.167. The van der Waals surface area contributed by atoms with E-state index in [0.717, 1.165) is 0 Å². The second-order valence-corrected chi connectivity index (χ2v) is 3.20. The van der Waals surface area contributed by atoms with Crippen LogP contribution in [0.3, 0.4) is 0 Å². The molecule has 0 aliphatic carbocycles. The van der Waals surface area contributed by atoms with Crippen LogP contribution in [-0.2, 0) is 12.8 Å². The summed E-state index contributed by atoms with van der Waals surface area (Å²) in [7, 11) is 0. The summed E-state index contributed by atoms with van der Waals surface area (Å²) in [6.07, 6.45) is 1.82. The summed E-state index contributed by atoms with van der Waals surface area (Å²) in [5, 5.41) is 0. The maximum atomic E-state index is 13.3. The quantitative estimate of drug-likeness (QED) is 0.420. The minimum absolute atomic E-state index is 0.264. The number of benzene rings is 1. The molecule has 0 aliphatic rings. The first-order chi connectivity index (χ1) is 7.54. The molecule has 1 rings (SSSR count). The first-order valence-corrected chi connectivity index (χ1v) is 4.60. The summed E-state index contributed by atoms with van der Waals surface area (Å²) in [5.74, 6) is -5.46. The summed E-state index contributed by atoms with van der Waals surface area (Å²) in [6.45, 7) is 6.52. The van der Waals surface area contributed by atoms with Crippen LogP contribution in [0.5, 0.6) is 0 Å². The summed E-state index contributed by atoms with van der Waals surface area (Å²) < 4.78 is 53.4. The van der Waals surface area contributed by atoms with Crippen LogP contribution in [0, 0.1) is 23.3 Å². The van der Waals surface area contributed by atoms with E-state index < -0.39 is 34.4 Å². The van der Waals surface area contributed by atoms with Gasteiger partial charge in [-0.3, -0.25) is 0 Å². The van der Waals surface area contributed by atoms with Gasteiger partial charge < -0.3 is 0 Å². The lowest BCUT2D eigenvalue weighted by molar-refractivity contribution is 0.431. The molecule has 4 heteroatoms. The number of allylic oxidation sites excluding steroid dienone is 2. The van der Waals surface area contributed by atoms with E-state index in [9.17, 15) is 17.6 Å². The summed E-state index contributed by atoms with van der Waals surface area (Å²) in [4.78, 5) is 0. The van der Waals surface area contributed by atoms with E-state index in [1.54, 1.807) is 0 Å². The second kappa shape index (κ2) is 4.96. The molecule has 0 saturated carbocycles. The molecule has 86 valence electrons. The highest BCUT2D eigenvalue weighted by molar-refractivity contribution is 5.32. The maximum absolute atomic E-state index is 13.3. The van der Waals surface area contributed by atoms with Crippen LogP contribution in [0.25, 0.3) is 0 Å². The third-order valence-corrected chi connectivity index (χ3v) is 2.14. The second-order valence-electron chi connectivity index (χ2n) is 3.20. The molecule has 0 aliphatic heterocycles. The van der Waals surface area contributed by atoms with E-state index in [2.05, 4.69) is 13.2 Å². The molecule has 1 aromatic carbocycles. The van der Waals surface area contributed by atoms with Gasteiger partial charge in [-0.1, -0.05) is 12.2 Å². The van der Waals surface area contributed by atoms with E-state index >= 15 is 0 Å². The minimum atomic E-state index is -1.37. The Labute approximate surface area is 90.9 Å². The van der Waals surface area contributed by atoms with Gasteiger partial charge in [0, 0.05) is 11.1 Å². The zero-order valence-corrected chi connectivity index (χ0v) is 8.49. The van der Waals surface area contributed by atoms with Gasteiger partial charge in [0.25, 0.3) is 0 Å². The Morgan fingerprint density at radius 3 is 1.12 bits per heavy atom. The molecule has 0 atom stereocenters. The van der Waals surface area contributed by atoms with Crippen molar-refractivity contribution in [2.24, 2.45) is 0 Å². The number of halogens is 4. The zero-order valence-electron chi connectivity index (χ0n) is 8.49. The van der Waals surface area contributed by atoms with Crippen molar-refractivity contribution in [1.29, 1.82) is 0 Å². The molecule has 0 N–H and O–H groups in total. The first-order valence-electron chi connectivity index (χ1n) is 4.60. The number of hydrogen-bond acceptors (Lipinski definition) is 0. The van der Waals surface area contributed by atoms with E-state index in [0.29, 0.717) is 0 Å². The monoisotopic (exact) mass is 230 g/mol. The highest BCUT2D eigenvalue weighted by Crippen LogP contribution is 2.25. The van der Waals surface area contributed by atoms with Crippen molar-refractivity contribution in [3.63, 3.8) is 0 Å². The van der Waals surface area contributed by atoms with Gasteiger partial charge in [0.2, 0.25) is 0 Å². The SMILES string of the molecule is C=CCc1c(F)c(F)c(CC=C)c(F)c1F. The predicted molar refractivity (Wildman–Crippen MR) is 54.1 cm³/mol. The number of rotatable bonds is 4. The van der Waals surface area contributed by atoms with Gasteiger partial charge in [-0.25, -0.2) is 17.6 Å². The van der Waals surface area contributed by atoms with Crippen LogP contribution in [0.1, 0.15) is 11.1 Å².